The molecule has 0 aliphatic rings. The molecule has 1 aromatic heterocycles. The van der Waals surface area contributed by atoms with Crippen molar-refractivity contribution in [2.75, 3.05) is 26.5 Å². The number of aromatic nitrogens is 4. The van der Waals surface area contributed by atoms with Crippen molar-refractivity contribution in [3.63, 3.8) is 0 Å². The van der Waals surface area contributed by atoms with Crippen molar-refractivity contribution >= 4 is 9.84 Å². The third-order valence-corrected chi connectivity index (χ3v) is 5.15. The number of sulfone groups is 1. The molecule has 2 aromatic carbocycles. The van der Waals surface area contributed by atoms with Gasteiger partial charge < -0.3 is 4.74 Å². The first-order valence-electron chi connectivity index (χ1n) is 8.48. The summed E-state index contributed by atoms with van der Waals surface area (Å²) in [5, 5.41) is 11.7. The van der Waals surface area contributed by atoms with Crippen molar-refractivity contribution in [1.82, 2.24) is 25.1 Å². The van der Waals surface area contributed by atoms with Gasteiger partial charge in [0.25, 0.3) is 0 Å². The van der Waals surface area contributed by atoms with Crippen molar-refractivity contribution in [3.05, 3.63) is 60.2 Å². The summed E-state index contributed by atoms with van der Waals surface area (Å²) in [7, 11) is -1.39. The second kappa shape index (κ2) is 8.44. The quantitative estimate of drug-likeness (QED) is 0.564. The van der Waals surface area contributed by atoms with E-state index in [2.05, 4.69) is 15.5 Å². The Morgan fingerprint density at radius 2 is 1.86 bits per heavy atom. The number of para-hydroxylation sites is 1. The molecule has 28 heavy (non-hydrogen) atoms. The Morgan fingerprint density at radius 1 is 1.14 bits per heavy atom. The Morgan fingerprint density at radius 3 is 2.54 bits per heavy atom. The first-order chi connectivity index (χ1) is 13.3. The molecule has 148 valence electrons. The molecule has 8 nitrogen and oxygen atoms in total. The van der Waals surface area contributed by atoms with Crippen molar-refractivity contribution in [2.24, 2.45) is 0 Å². The molecule has 0 aliphatic heterocycles. The van der Waals surface area contributed by atoms with E-state index < -0.39 is 15.7 Å². The summed E-state index contributed by atoms with van der Waals surface area (Å²) < 4.78 is 43.7. The van der Waals surface area contributed by atoms with E-state index in [1.807, 2.05) is 11.9 Å². The van der Waals surface area contributed by atoms with Gasteiger partial charge in [0.1, 0.15) is 6.61 Å². The van der Waals surface area contributed by atoms with E-state index in [1.54, 1.807) is 35.0 Å². The van der Waals surface area contributed by atoms with Crippen LogP contribution >= 0.6 is 0 Å². The van der Waals surface area contributed by atoms with E-state index in [0.29, 0.717) is 31.2 Å². The summed E-state index contributed by atoms with van der Waals surface area (Å²) in [6.45, 7) is 1.28. The zero-order valence-electron chi connectivity index (χ0n) is 15.5. The Hall–Kier alpha value is -2.85. The Bertz CT molecular complexity index is 1040. The van der Waals surface area contributed by atoms with Crippen LogP contribution < -0.4 is 4.74 Å². The molecule has 0 unspecified atom stereocenters. The molecule has 3 rings (SSSR count). The average Bonchev–Trinajstić information content (AvgIpc) is 3.11. The van der Waals surface area contributed by atoms with Crippen LogP contribution in [0.4, 0.5) is 4.39 Å². The summed E-state index contributed by atoms with van der Waals surface area (Å²) >= 11 is 0. The second-order valence-corrected chi connectivity index (χ2v) is 8.31. The van der Waals surface area contributed by atoms with E-state index in [-0.39, 0.29) is 10.6 Å². The van der Waals surface area contributed by atoms with Crippen molar-refractivity contribution in [1.29, 1.82) is 0 Å². The van der Waals surface area contributed by atoms with Gasteiger partial charge in [0.05, 0.1) is 17.1 Å². The lowest BCUT2D eigenvalue weighted by atomic mass is 10.3. The molecule has 0 saturated heterocycles. The molecular weight excluding hydrogens is 385 g/mol. The summed E-state index contributed by atoms with van der Waals surface area (Å²) in [5.41, 5.74) is 0.656. The minimum Gasteiger partial charge on any atom is -0.489 e. The predicted molar refractivity (Wildman–Crippen MR) is 100 cm³/mol. The van der Waals surface area contributed by atoms with Crippen LogP contribution in [0, 0.1) is 5.82 Å². The van der Waals surface area contributed by atoms with Gasteiger partial charge in [-0.2, -0.15) is 4.68 Å². The molecule has 0 bridgehead atoms. The largest absolute Gasteiger partial charge is 0.489 e. The lowest BCUT2D eigenvalue weighted by molar-refractivity contribution is 0.223. The van der Waals surface area contributed by atoms with Crippen molar-refractivity contribution < 1.29 is 17.5 Å². The molecule has 0 saturated carbocycles. The molecule has 0 aliphatic carbocycles. The average molecular weight is 405 g/mol. The van der Waals surface area contributed by atoms with Crippen LogP contribution in [0.2, 0.25) is 0 Å². The molecule has 0 N–H and O–H groups in total. The summed E-state index contributed by atoms with van der Waals surface area (Å²) in [6.07, 6.45) is 1.16. The lowest BCUT2D eigenvalue weighted by Crippen LogP contribution is -2.25. The van der Waals surface area contributed by atoms with Crippen LogP contribution in [0.3, 0.4) is 0 Å². The number of hydrogen-bond acceptors (Lipinski definition) is 7. The van der Waals surface area contributed by atoms with Gasteiger partial charge in [0.15, 0.2) is 27.2 Å². The standard InChI is InChI=1S/C18H20FN5O3S/c1-23(11-12-27-17-6-4-3-5-16(17)19)13-18-20-21-22-24(18)14-7-9-15(10-8-14)28(2,25)26/h3-10H,11-13H2,1-2H3. The monoisotopic (exact) mass is 405 g/mol. The molecular formula is C18H20FN5O3S. The van der Waals surface area contributed by atoms with E-state index in [4.69, 9.17) is 4.74 Å². The molecule has 0 atom stereocenters. The zero-order chi connectivity index (χ0) is 20.1. The third kappa shape index (κ3) is 4.90. The molecule has 0 radical (unpaired) electrons. The topological polar surface area (TPSA) is 90.2 Å². The van der Waals surface area contributed by atoms with Gasteiger partial charge in [0.2, 0.25) is 0 Å². The van der Waals surface area contributed by atoms with Crippen molar-refractivity contribution in [2.45, 2.75) is 11.4 Å². The highest BCUT2D eigenvalue weighted by molar-refractivity contribution is 7.90. The van der Waals surface area contributed by atoms with Gasteiger partial charge in [-0.1, -0.05) is 12.1 Å². The molecule has 3 aromatic rings. The molecule has 1 heterocycles. The summed E-state index contributed by atoms with van der Waals surface area (Å²) in [4.78, 5) is 2.17. The first kappa shape index (κ1) is 19.9. The molecule has 0 fully saturated rings. The maximum atomic E-state index is 13.6. The summed E-state index contributed by atoms with van der Waals surface area (Å²) in [6, 6.07) is 12.6. The number of likely N-dealkylation sites (N-methyl/N-ethyl adjacent to an activating group) is 1. The van der Waals surface area contributed by atoms with Gasteiger partial charge in [-0.15, -0.1) is 5.10 Å². The number of halogens is 1. The van der Waals surface area contributed by atoms with E-state index >= 15 is 0 Å². The number of rotatable bonds is 8. The van der Waals surface area contributed by atoms with Crippen molar-refractivity contribution in [3.8, 4) is 11.4 Å². The maximum Gasteiger partial charge on any atom is 0.175 e. The third-order valence-electron chi connectivity index (χ3n) is 4.02. The fourth-order valence-corrected chi connectivity index (χ4v) is 3.16. The molecule has 0 spiro atoms. The molecule has 0 amide bonds. The van der Waals surface area contributed by atoms with Gasteiger partial charge in [-0.3, -0.25) is 4.90 Å². The van der Waals surface area contributed by atoms with Gasteiger partial charge in [-0.05, 0) is 53.9 Å². The highest BCUT2D eigenvalue weighted by atomic mass is 32.2. The Balaban J connectivity index is 1.61. The molecule has 10 heteroatoms. The van der Waals surface area contributed by atoms with E-state index in [0.717, 1.165) is 6.26 Å². The lowest BCUT2D eigenvalue weighted by Gasteiger charge is -2.16. The second-order valence-electron chi connectivity index (χ2n) is 6.29. The smallest absolute Gasteiger partial charge is 0.175 e. The number of benzene rings is 2. The SMILES string of the molecule is CN(CCOc1ccccc1F)Cc1nnnn1-c1ccc(S(C)(=O)=O)cc1. The van der Waals surface area contributed by atoms with E-state index in [9.17, 15) is 12.8 Å². The van der Waals surface area contributed by atoms with Crippen LogP contribution in [0.5, 0.6) is 5.75 Å². The predicted octanol–water partition coefficient (Wildman–Crippen LogP) is 1.72. The van der Waals surface area contributed by atoms with Crippen LogP contribution in [-0.4, -0.2) is 60.0 Å². The van der Waals surface area contributed by atoms with Gasteiger partial charge in [0, 0.05) is 12.8 Å². The van der Waals surface area contributed by atoms with Crippen LogP contribution in [0.1, 0.15) is 5.82 Å². The fourth-order valence-electron chi connectivity index (χ4n) is 2.53. The Kier molecular flexibility index (Phi) is 6.00. The minimum absolute atomic E-state index is 0.215. The zero-order valence-corrected chi connectivity index (χ0v) is 16.3. The highest BCUT2D eigenvalue weighted by Gasteiger charge is 2.13. The van der Waals surface area contributed by atoms with Gasteiger partial charge in [-0.25, -0.2) is 12.8 Å². The minimum atomic E-state index is -3.26. The number of ether oxygens (including phenoxy) is 1. The number of nitrogens with zero attached hydrogens (tertiary/aromatic N) is 5. The first-order valence-corrected chi connectivity index (χ1v) is 10.4. The maximum absolute atomic E-state index is 13.6. The summed E-state index contributed by atoms with van der Waals surface area (Å²) in [5.74, 6) is 0.402. The van der Waals surface area contributed by atoms with Crippen LogP contribution in [0.15, 0.2) is 53.4 Å². The number of hydrogen-bond donors (Lipinski definition) is 0. The highest BCUT2D eigenvalue weighted by Crippen LogP contribution is 2.16. The number of tetrazole rings is 1. The Labute approximate surface area is 162 Å². The van der Waals surface area contributed by atoms with Crippen LogP contribution in [0.25, 0.3) is 5.69 Å². The van der Waals surface area contributed by atoms with Crippen LogP contribution in [-0.2, 0) is 16.4 Å². The van der Waals surface area contributed by atoms with Gasteiger partial charge >= 0.3 is 0 Å². The normalized spacial score (nSPS) is 11.7. The fraction of sp³-hybridized carbons (Fsp3) is 0.278. The van der Waals surface area contributed by atoms with E-state index in [1.165, 1.54) is 18.2 Å².